The molecule has 29 heavy (non-hydrogen) atoms. The van der Waals surface area contributed by atoms with Gasteiger partial charge in [0.1, 0.15) is 0 Å². The minimum absolute atomic E-state index is 0.0215. The Bertz CT molecular complexity index is 1020. The third-order valence-corrected chi connectivity index (χ3v) is 8.21. The van der Waals surface area contributed by atoms with Crippen molar-refractivity contribution in [3.05, 3.63) is 65.7 Å². The van der Waals surface area contributed by atoms with Gasteiger partial charge in [0.25, 0.3) is 0 Å². The number of sulfone groups is 1. The molecular formula is C21H23N3O3S2. The van der Waals surface area contributed by atoms with Crippen molar-refractivity contribution in [1.29, 1.82) is 0 Å². The lowest BCUT2D eigenvalue weighted by atomic mass is 10.1. The lowest BCUT2D eigenvalue weighted by Crippen LogP contribution is -2.28. The second kappa shape index (κ2) is 8.20. The summed E-state index contributed by atoms with van der Waals surface area (Å²) in [6.45, 7) is 1.97. The van der Waals surface area contributed by atoms with Gasteiger partial charge in [0.05, 0.1) is 30.0 Å². The van der Waals surface area contributed by atoms with Crippen LogP contribution >= 0.6 is 11.8 Å². The summed E-state index contributed by atoms with van der Waals surface area (Å²) in [5, 5.41) is 7.06. The molecule has 0 radical (unpaired) electrons. The summed E-state index contributed by atoms with van der Waals surface area (Å²) in [6, 6.07) is 17.4. The molecule has 2 aromatic rings. The van der Waals surface area contributed by atoms with Gasteiger partial charge >= 0.3 is 0 Å². The number of aliphatic imine (C=N–C) groups is 1. The molecule has 1 unspecified atom stereocenters. The van der Waals surface area contributed by atoms with E-state index in [4.69, 9.17) is 0 Å². The fourth-order valence-electron chi connectivity index (χ4n) is 3.55. The predicted octanol–water partition coefficient (Wildman–Crippen LogP) is 2.79. The van der Waals surface area contributed by atoms with Gasteiger partial charge in [-0.1, -0.05) is 54.2 Å². The number of anilines is 1. The molecule has 152 valence electrons. The third kappa shape index (κ3) is 5.00. The van der Waals surface area contributed by atoms with E-state index in [1.54, 1.807) is 0 Å². The van der Waals surface area contributed by atoms with Crippen molar-refractivity contribution in [3.8, 4) is 0 Å². The van der Waals surface area contributed by atoms with E-state index in [-0.39, 0.29) is 34.7 Å². The number of amides is 1. The zero-order valence-corrected chi connectivity index (χ0v) is 17.7. The van der Waals surface area contributed by atoms with E-state index in [1.807, 2.05) is 61.5 Å². The summed E-state index contributed by atoms with van der Waals surface area (Å²) in [4.78, 5) is 16.8. The molecule has 4 rings (SSSR count). The molecule has 0 bridgehead atoms. The van der Waals surface area contributed by atoms with Gasteiger partial charge in [-0.25, -0.2) is 8.42 Å². The molecule has 0 aromatic heterocycles. The zero-order valence-electron chi connectivity index (χ0n) is 16.0. The van der Waals surface area contributed by atoms with Crippen molar-refractivity contribution in [2.45, 2.75) is 30.7 Å². The average Bonchev–Trinajstić information content (AvgIpc) is 3.16. The number of nitrogens with one attached hydrogen (secondary N) is 2. The van der Waals surface area contributed by atoms with Crippen LogP contribution in [0.1, 0.15) is 24.1 Å². The second-order valence-electron chi connectivity index (χ2n) is 7.43. The summed E-state index contributed by atoms with van der Waals surface area (Å²) in [7, 11) is -2.94. The molecule has 2 aromatic carbocycles. The number of hydrogen-bond acceptors (Lipinski definition) is 6. The van der Waals surface area contributed by atoms with E-state index in [2.05, 4.69) is 15.6 Å². The van der Waals surface area contributed by atoms with Gasteiger partial charge in [-0.3, -0.25) is 9.79 Å². The van der Waals surface area contributed by atoms with Crippen LogP contribution in [-0.2, 0) is 21.1 Å². The number of thioether (sulfide) groups is 1. The Morgan fingerprint density at radius 2 is 1.86 bits per heavy atom. The van der Waals surface area contributed by atoms with Crippen molar-refractivity contribution in [2.24, 2.45) is 4.99 Å². The molecule has 2 N–H and O–H groups in total. The molecule has 2 heterocycles. The van der Waals surface area contributed by atoms with Gasteiger partial charge < -0.3 is 10.6 Å². The fourth-order valence-corrected chi connectivity index (χ4v) is 7.22. The molecule has 3 atom stereocenters. The lowest BCUT2D eigenvalue weighted by Gasteiger charge is -2.14. The third-order valence-electron chi connectivity index (χ3n) is 5.07. The first-order valence-corrected chi connectivity index (χ1v) is 12.2. The summed E-state index contributed by atoms with van der Waals surface area (Å²) < 4.78 is 23.3. The van der Waals surface area contributed by atoms with E-state index in [0.717, 1.165) is 22.0 Å². The molecule has 1 fully saturated rings. The summed E-state index contributed by atoms with van der Waals surface area (Å²) in [6.07, 6.45) is 0.315. The molecule has 2 aliphatic rings. The number of carbonyl (C=O) groups excluding carboxylic acids is 1. The van der Waals surface area contributed by atoms with Crippen LogP contribution in [0.4, 0.5) is 5.69 Å². The number of fused-ring (bicyclic) bond motifs is 1. The Morgan fingerprint density at radius 1 is 1.14 bits per heavy atom. The SMILES string of the molecule is CC(NC(=O)Cc1ccc(NC2=N[C@@H]3CS(=O)(=O)C[C@@H]3S2)cc1)c1ccccc1. The average molecular weight is 430 g/mol. The number of hydrogen-bond donors (Lipinski definition) is 2. The van der Waals surface area contributed by atoms with Crippen molar-refractivity contribution >= 4 is 38.4 Å². The highest BCUT2D eigenvalue weighted by Crippen LogP contribution is 2.34. The van der Waals surface area contributed by atoms with Crippen LogP contribution in [0.2, 0.25) is 0 Å². The maximum atomic E-state index is 12.3. The molecule has 1 amide bonds. The number of amidine groups is 1. The van der Waals surface area contributed by atoms with Gasteiger partial charge in [0.2, 0.25) is 5.91 Å². The molecule has 1 saturated heterocycles. The van der Waals surface area contributed by atoms with Crippen molar-refractivity contribution in [3.63, 3.8) is 0 Å². The van der Waals surface area contributed by atoms with Crippen LogP contribution in [0, 0.1) is 0 Å². The quantitative estimate of drug-likeness (QED) is 0.763. The molecular weight excluding hydrogens is 406 g/mol. The minimum atomic E-state index is -2.94. The first-order valence-electron chi connectivity index (χ1n) is 9.53. The Hall–Kier alpha value is -2.32. The van der Waals surface area contributed by atoms with Gasteiger partial charge in [-0.15, -0.1) is 0 Å². The van der Waals surface area contributed by atoms with Crippen LogP contribution in [0.25, 0.3) is 0 Å². The normalized spacial score (nSPS) is 23.1. The van der Waals surface area contributed by atoms with Crippen molar-refractivity contribution in [2.75, 3.05) is 16.8 Å². The highest BCUT2D eigenvalue weighted by molar-refractivity contribution is 8.15. The van der Waals surface area contributed by atoms with Gasteiger partial charge in [-0.05, 0) is 30.2 Å². The number of rotatable bonds is 5. The Morgan fingerprint density at radius 3 is 2.55 bits per heavy atom. The van der Waals surface area contributed by atoms with E-state index >= 15 is 0 Å². The first kappa shape index (κ1) is 20.0. The number of nitrogens with zero attached hydrogens (tertiary/aromatic N) is 1. The van der Waals surface area contributed by atoms with Crippen LogP contribution in [0.3, 0.4) is 0 Å². The van der Waals surface area contributed by atoms with Crippen molar-refractivity contribution < 1.29 is 13.2 Å². The van der Waals surface area contributed by atoms with E-state index < -0.39 is 9.84 Å². The van der Waals surface area contributed by atoms with E-state index in [1.165, 1.54) is 11.8 Å². The highest BCUT2D eigenvalue weighted by Gasteiger charge is 2.42. The van der Waals surface area contributed by atoms with Gasteiger partial charge in [0.15, 0.2) is 15.0 Å². The maximum Gasteiger partial charge on any atom is 0.224 e. The van der Waals surface area contributed by atoms with Crippen LogP contribution in [0.15, 0.2) is 59.6 Å². The van der Waals surface area contributed by atoms with Crippen LogP contribution in [-0.4, -0.2) is 42.3 Å². The first-order chi connectivity index (χ1) is 13.9. The van der Waals surface area contributed by atoms with Crippen LogP contribution < -0.4 is 10.6 Å². The summed E-state index contributed by atoms with van der Waals surface area (Å²) in [5.41, 5.74) is 2.88. The molecule has 0 spiro atoms. The zero-order chi connectivity index (χ0) is 20.4. The van der Waals surface area contributed by atoms with E-state index in [9.17, 15) is 13.2 Å². The number of benzene rings is 2. The van der Waals surface area contributed by atoms with E-state index in [0.29, 0.717) is 6.42 Å². The monoisotopic (exact) mass is 429 g/mol. The smallest absolute Gasteiger partial charge is 0.224 e. The highest BCUT2D eigenvalue weighted by atomic mass is 32.2. The summed E-state index contributed by atoms with van der Waals surface area (Å²) >= 11 is 1.49. The summed E-state index contributed by atoms with van der Waals surface area (Å²) in [5.74, 6) is 0.324. The minimum Gasteiger partial charge on any atom is -0.349 e. The molecule has 6 nitrogen and oxygen atoms in total. The molecule has 0 saturated carbocycles. The van der Waals surface area contributed by atoms with Gasteiger partial charge in [0, 0.05) is 10.9 Å². The van der Waals surface area contributed by atoms with Gasteiger partial charge in [-0.2, -0.15) is 0 Å². The predicted molar refractivity (Wildman–Crippen MR) is 118 cm³/mol. The Kier molecular flexibility index (Phi) is 5.65. The molecule has 8 heteroatoms. The molecule has 2 aliphatic heterocycles. The lowest BCUT2D eigenvalue weighted by molar-refractivity contribution is -0.121. The van der Waals surface area contributed by atoms with Crippen LogP contribution in [0.5, 0.6) is 0 Å². The Balaban J connectivity index is 1.30. The number of carbonyl (C=O) groups is 1. The Labute approximate surface area is 175 Å². The topological polar surface area (TPSA) is 87.6 Å². The standard InChI is InChI=1S/C21H23N3O3S2/c1-14(16-5-3-2-4-6-16)22-20(25)11-15-7-9-17(10-8-15)23-21-24-18-12-29(26,27)13-19(18)28-21/h2-10,14,18-19H,11-13H2,1H3,(H,22,25)(H,23,24)/t14?,18-,19+/m1/s1. The molecule has 0 aliphatic carbocycles. The largest absolute Gasteiger partial charge is 0.349 e. The fraction of sp³-hybridized carbons (Fsp3) is 0.333. The van der Waals surface area contributed by atoms with Crippen molar-refractivity contribution in [1.82, 2.24) is 5.32 Å². The second-order valence-corrected chi connectivity index (χ2v) is 10.8. The maximum absolute atomic E-state index is 12.3.